The molecule has 0 unspecified atom stereocenters. The van der Waals surface area contributed by atoms with Gasteiger partial charge in [-0.3, -0.25) is 14.4 Å². The van der Waals surface area contributed by atoms with Gasteiger partial charge in [0.25, 0.3) is 0 Å². The van der Waals surface area contributed by atoms with Crippen molar-refractivity contribution in [3.63, 3.8) is 0 Å². The molecule has 0 spiro atoms. The van der Waals surface area contributed by atoms with Gasteiger partial charge in [-0.05, 0) is 25.5 Å². The molecule has 1 saturated heterocycles. The van der Waals surface area contributed by atoms with Gasteiger partial charge in [0.2, 0.25) is 5.91 Å². The summed E-state index contributed by atoms with van der Waals surface area (Å²) < 4.78 is 1.99. The molecule has 122 valence electrons. The maximum absolute atomic E-state index is 13.0. The van der Waals surface area contributed by atoms with Gasteiger partial charge in [0, 0.05) is 38.6 Å². The predicted molar refractivity (Wildman–Crippen MR) is 89.9 cm³/mol. The summed E-state index contributed by atoms with van der Waals surface area (Å²) >= 11 is 0. The summed E-state index contributed by atoms with van der Waals surface area (Å²) in [6.45, 7) is 7.27. The molecule has 23 heavy (non-hydrogen) atoms. The van der Waals surface area contributed by atoms with Crippen molar-refractivity contribution < 1.29 is 4.79 Å². The molecular weight excluding hydrogens is 288 g/mol. The third-order valence-corrected chi connectivity index (χ3v) is 4.58. The Morgan fingerprint density at radius 1 is 1.22 bits per heavy atom. The highest BCUT2D eigenvalue weighted by molar-refractivity contribution is 5.83. The fraction of sp³-hybridized carbons (Fsp3) is 0.444. The Labute approximate surface area is 137 Å². The summed E-state index contributed by atoms with van der Waals surface area (Å²) in [5.74, 6) is 0.195. The first-order chi connectivity index (χ1) is 11.2. The highest BCUT2D eigenvalue weighted by Crippen LogP contribution is 2.32. The second-order valence-corrected chi connectivity index (χ2v) is 5.92. The molecule has 1 atom stereocenters. The number of carbonyl (C=O) groups excluding carboxylic acids is 1. The van der Waals surface area contributed by atoms with Gasteiger partial charge in [-0.25, -0.2) is 0 Å². The molecule has 2 heterocycles. The minimum Gasteiger partial charge on any atom is -0.342 e. The molecule has 2 aromatic rings. The van der Waals surface area contributed by atoms with Crippen LogP contribution in [0.1, 0.15) is 31.5 Å². The molecule has 1 fully saturated rings. The molecule has 0 radical (unpaired) electrons. The summed E-state index contributed by atoms with van der Waals surface area (Å²) in [6, 6.07) is 12.2. The first kappa shape index (κ1) is 15.7. The van der Waals surface area contributed by atoms with Crippen LogP contribution in [-0.2, 0) is 4.79 Å². The van der Waals surface area contributed by atoms with Crippen LogP contribution in [0.15, 0.2) is 48.8 Å². The quantitative estimate of drug-likeness (QED) is 0.822. The Bertz CT molecular complexity index is 616. The fourth-order valence-electron chi connectivity index (χ4n) is 3.22. The number of hydrogen-bond donors (Lipinski definition) is 0. The number of benzene rings is 1. The third kappa shape index (κ3) is 3.15. The number of aromatic nitrogens is 2. The topological polar surface area (TPSA) is 41.4 Å². The van der Waals surface area contributed by atoms with E-state index >= 15 is 0 Å². The van der Waals surface area contributed by atoms with Crippen LogP contribution in [0, 0.1) is 0 Å². The van der Waals surface area contributed by atoms with Gasteiger partial charge in [0.05, 0.1) is 6.04 Å². The van der Waals surface area contributed by atoms with Crippen molar-refractivity contribution in [1.29, 1.82) is 0 Å². The standard InChI is InChI=1S/C18H24N4O/c1-3-20(4-2)18(23)17(15-9-6-5-7-10-15)21-13-16(14-21)22-12-8-11-19-22/h5-12,16-17H,3-4,13-14H2,1-2H3/t17-/m0/s1. The van der Waals surface area contributed by atoms with Crippen molar-refractivity contribution in [1.82, 2.24) is 19.6 Å². The summed E-state index contributed by atoms with van der Waals surface area (Å²) in [4.78, 5) is 17.2. The van der Waals surface area contributed by atoms with Crippen LogP contribution in [0.2, 0.25) is 0 Å². The lowest BCUT2D eigenvalue weighted by molar-refractivity contribution is -0.139. The lowest BCUT2D eigenvalue weighted by Gasteiger charge is -2.44. The van der Waals surface area contributed by atoms with Crippen LogP contribution in [0.25, 0.3) is 0 Å². The van der Waals surface area contributed by atoms with Crippen molar-refractivity contribution in [2.75, 3.05) is 26.2 Å². The SMILES string of the molecule is CCN(CC)C(=O)[C@H](c1ccccc1)N1CC(n2cccn2)C1. The number of carbonyl (C=O) groups is 1. The van der Waals surface area contributed by atoms with Crippen molar-refractivity contribution in [3.05, 3.63) is 54.4 Å². The summed E-state index contributed by atoms with van der Waals surface area (Å²) in [5, 5.41) is 4.31. The van der Waals surface area contributed by atoms with E-state index in [4.69, 9.17) is 0 Å². The van der Waals surface area contributed by atoms with Gasteiger partial charge in [-0.1, -0.05) is 30.3 Å². The van der Waals surface area contributed by atoms with E-state index in [1.54, 1.807) is 6.20 Å². The van der Waals surface area contributed by atoms with Gasteiger partial charge in [-0.2, -0.15) is 5.10 Å². The van der Waals surface area contributed by atoms with E-state index < -0.39 is 0 Å². The Kier molecular flexibility index (Phi) is 4.76. The van der Waals surface area contributed by atoms with E-state index in [-0.39, 0.29) is 11.9 Å². The Morgan fingerprint density at radius 2 is 1.91 bits per heavy atom. The second-order valence-electron chi connectivity index (χ2n) is 5.92. The normalized spacial score (nSPS) is 16.8. The highest BCUT2D eigenvalue weighted by atomic mass is 16.2. The number of rotatable bonds is 6. The smallest absolute Gasteiger partial charge is 0.244 e. The Morgan fingerprint density at radius 3 is 2.48 bits per heavy atom. The van der Waals surface area contributed by atoms with Crippen molar-refractivity contribution in [2.45, 2.75) is 25.9 Å². The number of amides is 1. The minimum atomic E-state index is -0.192. The number of nitrogens with zero attached hydrogens (tertiary/aromatic N) is 4. The maximum atomic E-state index is 13.0. The fourth-order valence-corrected chi connectivity index (χ4v) is 3.22. The molecule has 0 N–H and O–H groups in total. The predicted octanol–water partition coefficient (Wildman–Crippen LogP) is 2.35. The van der Waals surface area contributed by atoms with Crippen LogP contribution in [0.4, 0.5) is 0 Å². The van der Waals surface area contributed by atoms with Crippen molar-refractivity contribution in [2.24, 2.45) is 0 Å². The van der Waals surface area contributed by atoms with Crippen LogP contribution in [0.5, 0.6) is 0 Å². The molecule has 5 heteroatoms. The van der Waals surface area contributed by atoms with E-state index in [2.05, 4.69) is 10.00 Å². The van der Waals surface area contributed by atoms with E-state index in [1.165, 1.54) is 0 Å². The van der Waals surface area contributed by atoms with E-state index in [1.807, 2.05) is 66.0 Å². The zero-order valence-electron chi connectivity index (χ0n) is 13.8. The van der Waals surface area contributed by atoms with E-state index in [9.17, 15) is 4.79 Å². The molecule has 1 aliphatic heterocycles. The molecule has 5 nitrogen and oxygen atoms in total. The second kappa shape index (κ2) is 6.96. The molecular formula is C18H24N4O. The summed E-state index contributed by atoms with van der Waals surface area (Å²) in [5.41, 5.74) is 1.07. The van der Waals surface area contributed by atoms with E-state index in [0.29, 0.717) is 6.04 Å². The van der Waals surface area contributed by atoms with Gasteiger partial charge in [0.15, 0.2) is 0 Å². The monoisotopic (exact) mass is 312 g/mol. The van der Waals surface area contributed by atoms with Gasteiger partial charge in [0.1, 0.15) is 6.04 Å². The average molecular weight is 312 g/mol. The maximum Gasteiger partial charge on any atom is 0.244 e. The lowest BCUT2D eigenvalue weighted by atomic mass is 9.98. The lowest BCUT2D eigenvalue weighted by Crippen LogP contribution is -2.53. The molecule has 1 amide bonds. The molecule has 1 aromatic carbocycles. The van der Waals surface area contributed by atoms with Crippen LogP contribution >= 0.6 is 0 Å². The Balaban J connectivity index is 1.78. The zero-order valence-corrected chi connectivity index (χ0v) is 13.8. The molecule has 0 saturated carbocycles. The van der Waals surface area contributed by atoms with Crippen LogP contribution in [0.3, 0.4) is 0 Å². The highest BCUT2D eigenvalue weighted by Gasteiger charge is 2.39. The van der Waals surface area contributed by atoms with Gasteiger partial charge in [-0.15, -0.1) is 0 Å². The summed E-state index contributed by atoms with van der Waals surface area (Å²) in [6.07, 6.45) is 3.80. The third-order valence-electron chi connectivity index (χ3n) is 4.58. The first-order valence-electron chi connectivity index (χ1n) is 8.31. The minimum absolute atomic E-state index is 0.192. The summed E-state index contributed by atoms with van der Waals surface area (Å²) in [7, 11) is 0. The van der Waals surface area contributed by atoms with Crippen LogP contribution < -0.4 is 0 Å². The molecule has 0 bridgehead atoms. The molecule has 1 aliphatic rings. The first-order valence-corrected chi connectivity index (χ1v) is 8.31. The largest absolute Gasteiger partial charge is 0.342 e. The molecule has 1 aromatic heterocycles. The molecule has 0 aliphatic carbocycles. The number of hydrogen-bond acceptors (Lipinski definition) is 3. The van der Waals surface area contributed by atoms with E-state index in [0.717, 1.165) is 31.7 Å². The van der Waals surface area contributed by atoms with Crippen molar-refractivity contribution >= 4 is 5.91 Å². The van der Waals surface area contributed by atoms with Gasteiger partial charge >= 0.3 is 0 Å². The number of likely N-dealkylation sites (tertiary alicyclic amines) is 1. The van der Waals surface area contributed by atoms with Gasteiger partial charge < -0.3 is 4.90 Å². The van der Waals surface area contributed by atoms with Crippen molar-refractivity contribution in [3.8, 4) is 0 Å². The number of likely N-dealkylation sites (N-methyl/N-ethyl adjacent to an activating group) is 1. The van der Waals surface area contributed by atoms with Crippen LogP contribution in [-0.4, -0.2) is 51.7 Å². The molecule has 3 rings (SSSR count). The average Bonchev–Trinajstić information content (AvgIpc) is 3.06. The Hall–Kier alpha value is -2.14. The zero-order chi connectivity index (χ0) is 16.2.